The summed E-state index contributed by atoms with van der Waals surface area (Å²) in [6.07, 6.45) is 10.9. The third-order valence-electron chi connectivity index (χ3n) is 1.92. The first kappa shape index (κ1) is 11.7. The Morgan fingerprint density at radius 3 is 2.50 bits per heavy atom. The van der Waals surface area contributed by atoms with Crippen molar-refractivity contribution < 1.29 is 0 Å². The zero-order valence-corrected chi connectivity index (χ0v) is 8.60. The monoisotopic (exact) mass is 169 g/mol. The van der Waals surface area contributed by atoms with Crippen LogP contribution in [0.5, 0.6) is 0 Å². The van der Waals surface area contributed by atoms with Crippen LogP contribution in [0.25, 0.3) is 0 Å². The number of hydrogen-bond donors (Lipinski definition) is 1. The maximum atomic E-state index is 3.45. The molecule has 0 rings (SSSR count). The smallest absolute Gasteiger partial charge is 0.00460 e. The van der Waals surface area contributed by atoms with Gasteiger partial charge >= 0.3 is 0 Å². The van der Waals surface area contributed by atoms with Gasteiger partial charge in [-0.3, -0.25) is 0 Å². The summed E-state index contributed by atoms with van der Waals surface area (Å²) >= 11 is 0. The fourth-order valence-corrected chi connectivity index (χ4v) is 1.14. The number of hydrogen-bond acceptors (Lipinski definition) is 1. The Labute approximate surface area is 77.2 Å². The normalized spacial score (nSPS) is 11.2. The maximum Gasteiger partial charge on any atom is -0.00460 e. The lowest BCUT2D eigenvalue weighted by Gasteiger charge is -2.01. The van der Waals surface area contributed by atoms with Crippen LogP contribution in [-0.4, -0.2) is 13.1 Å². The Morgan fingerprint density at radius 1 is 1.08 bits per heavy atom. The van der Waals surface area contributed by atoms with Crippen molar-refractivity contribution in [2.45, 2.75) is 46.0 Å². The summed E-state index contributed by atoms with van der Waals surface area (Å²) in [6.45, 7) is 6.69. The quantitative estimate of drug-likeness (QED) is 0.435. The zero-order chi connectivity index (χ0) is 9.07. The first-order chi connectivity index (χ1) is 5.91. The molecule has 0 heterocycles. The largest absolute Gasteiger partial charge is 0.317 e. The Balaban J connectivity index is 2.81. The van der Waals surface area contributed by atoms with Gasteiger partial charge in [0.15, 0.2) is 0 Å². The van der Waals surface area contributed by atoms with E-state index in [0.717, 1.165) is 0 Å². The van der Waals surface area contributed by atoms with E-state index in [1.54, 1.807) is 0 Å². The third kappa shape index (κ3) is 9.70. The molecule has 1 heteroatoms. The predicted molar refractivity (Wildman–Crippen MR) is 56.4 cm³/mol. The SMILES string of the molecule is C/C=C/CCCNCCCCC. The second-order valence-electron chi connectivity index (χ2n) is 3.17. The fraction of sp³-hybridized carbons (Fsp3) is 0.818. The van der Waals surface area contributed by atoms with Gasteiger partial charge in [-0.05, 0) is 39.3 Å². The molecule has 0 radical (unpaired) electrons. The molecule has 1 nitrogen and oxygen atoms in total. The highest BCUT2D eigenvalue weighted by molar-refractivity contribution is 4.76. The molecule has 0 bridgehead atoms. The van der Waals surface area contributed by atoms with E-state index in [4.69, 9.17) is 0 Å². The number of allylic oxidation sites excluding steroid dienone is 2. The van der Waals surface area contributed by atoms with Gasteiger partial charge in [-0.25, -0.2) is 0 Å². The number of rotatable bonds is 8. The van der Waals surface area contributed by atoms with Crippen LogP contribution in [0.4, 0.5) is 0 Å². The van der Waals surface area contributed by atoms with Crippen molar-refractivity contribution in [1.29, 1.82) is 0 Å². The summed E-state index contributed by atoms with van der Waals surface area (Å²) in [7, 11) is 0. The first-order valence-electron chi connectivity index (χ1n) is 5.23. The van der Waals surface area contributed by atoms with E-state index in [9.17, 15) is 0 Å². The summed E-state index contributed by atoms with van der Waals surface area (Å²) < 4.78 is 0. The molecular weight excluding hydrogens is 146 g/mol. The molecule has 1 N–H and O–H groups in total. The Kier molecular flexibility index (Phi) is 10.4. The molecular formula is C11H23N. The van der Waals surface area contributed by atoms with Crippen LogP contribution in [0, 0.1) is 0 Å². The van der Waals surface area contributed by atoms with Gasteiger partial charge in [0.25, 0.3) is 0 Å². The van der Waals surface area contributed by atoms with Crippen molar-refractivity contribution in [2.24, 2.45) is 0 Å². The molecule has 0 spiro atoms. The molecule has 0 aromatic carbocycles. The van der Waals surface area contributed by atoms with Gasteiger partial charge in [-0.2, -0.15) is 0 Å². The van der Waals surface area contributed by atoms with E-state index >= 15 is 0 Å². The van der Waals surface area contributed by atoms with E-state index in [1.165, 1.54) is 45.2 Å². The molecule has 0 unspecified atom stereocenters. The van der Waals surface area contributed by atoms with E-state index in [0.29, 0.717) is 0 Å². The lowest BCUT2D eigenvalue weighted by Crippen LogP contribution is -2.16. The minimum atomic E-state index is 1.17. The van der Waals surface area contributed by atoms with Gasteiger partial charge in [-0.1, -0.05) is 31.9 Å². The van der Waals surface area contributed by atoms with Crippen LogP contribution in [0.1, 0.15) is 46.0 Å². The van der Waals surface area contributed by atoms with E-state index in [1.807, 2.05) is 0 Å². The lowest BCUT2D eigenvalue weighted by molar-refractivity contribution is 0.602. The summed E-state index contributed by atoms with van der Waals surface area (Å²) in [4.78, 5) is 0. The van der Waals surface area contributed by atoms with E-state index in [-0.39, 0.29) is 0 Å². The second kappa shape index (κ2) is 10.7. The minimum Gasteiger partial charge on any atom is -0.317 e. The zero-order valence-electron chi connectivity index (χ0n) is 8.60. The minimum absolute atomic E-state index is 1.17. The van der Waals surface area contributed by atoms with Crippen LogP contribution in [-0.2, 0) is 0 Å². The van der Waals surface area contributed by atoms with Crippen LogP contribution >= 0.6 is 0 Å². The van der Waals surface area contributed by atoms with Gasteiger partial charge in [0.1, 0.15) is 0 Å². The molecule has 0 aliphatic rings. The molecule has 0 atom stereocenters. The van der Waals surface area contributed by atoms with E-state index in [2.05, 4.69) is 31.3 Å². The van der Waals surface area contributed by atoms with Crippen molar-refractivity contribution in [1.82, 2.24) is 5.32 Å². The molecule has 0 aromatic heterocycles. The number of nitrogens with one attached hydrogen (secondary N) is 1. The van der Waals surface area contributed by atoms with Crippen LogP contribution in [0.15, 0.2) is 12.2 Å². The average Bonchev–Trinajstić information content (AvgIpc) is 2.10. The maximum absolute atomic E-state index is 3.45. The molecule has 0 saturated heterocycles. The Morgan fingerprint density at radius 2 is 1.83 bits per heavy atom. The highest BCUT2D eigenvalue weighted by Crippen LogP contribution is 1.92. The standard InChI is InChI=1S/C11H23N/c1-3-5-7-9-11-12-10-8-6-4-2/h3,5,12H,4,6-11H2,1-2H3/b5-3+. The summed E-state index contributed by atoms with van der Waals surface area (Å²) in [5, 5.41) is 3.45. The lowest BCUT2D eigenvalue weighted by atomic mass is 10.2. The molecule has 0 amide bonds. The Bertz CT molecular complexity index is 97.2. The van der Waals surface area contributed by atoms with Crippen molar-refractivity contribution >= 4 is 0 Å². The van der Waals surface area contributed by atoms with E-state index < -0.39 is 0 Å². The molecule has 0 aliphatic heterocycles. The van der Waals surface area contributed by atoms with Crippen molar-refractivity contribution in [3.8, 4) is 0 Å². The second-order valence-corrected chi connectivity index (χ2v) is 3.17. The van der Waals surface area contributed by atoms with Crippen molar-refractivity contribution in [3.05, 3.63) is 12.2 Å². The molecule has 0 fully saturated rings. The van der Waals surface area contributed by atoms with Crippen LogP contribution < -0.4 is 5.32 Å². The summed E-state index contributed by atoms with van der Waals surface area (Å²) in [6, 6.07) is 0. The van der Waals surface area contributed by atoms with Crippen LogP contribution in [0.2, 0.25) is 0 Å². The first-order valence-corrected chi connectivity index (χ1v) is 5.23. The average molecular weight is 169 g/mol. The summed E-state index contributed by atoms with van der Waals surface area (Å²) in [5.41, 5.74) is 0. The van der Waals surface area contributed by atoms with Gasteiger partial charge < -0.3 is 5.32 Å². The fourth-order valence-electron chi connectivity index (χ4n) is 1.14. The highest BCUT2D eigenvalue weighted by atomic mass is 14.8. The molecule has 0 aliphatic carbocycles. The highest BCUT2D eigenvalue weighted by Gasteiger charge is 1.86. The molecule has 12 heavy (non-hydrogen) atoms. The predicted octanol–water partition coefficient (Wildman–Crippen LogP) is 3.12. The Hall–Kier alpha value is -0.300. The van der Waals surface area contributed by atoms with Gasteiger partial charge in [0.2, 0.25) is 0 Å². The van der Waals surface area contributed by atoms with Crippen LogP contribution in [0.3, 0.4) is 0 Å². The van der Waals surface area contributed by atoms with Gasteiger partial charge in [0.05, 0.1) is 0 Å². The molecule has 72 valence electrons. The van der Waals surface area contributed by atoms with Crippen molar-refractivity contribution in [2.75, 3.05) is 13.1 Å². The molecule has 0 saturated carbocycles. The topological polar surface area (TPSA) is 12.0 Å². The summed E-state index contributed by atoms with van der Waals surface area (Å²) in [5.74, 6) is 0. The van der Waals surface area contributed by atoms with Crippen molar-refractivity contribution in [3.63, 3.8) is 0 Å². The third-order valence-corrected chi connectivity index (χ3v) is 1.92. The number of unbranched alkanes of at least 4 members (excludes halogenated alkanes) is 3. The molecule has 0 aromatic rings. The van der Waals surface area contributed by atoms with Gasteiger partial charge in [0, 0.05) is 0 Å². The van der Waals surface area contributed by atoms with Gasteiger partial charge in [-0.15, -0.1) is 0 Å².